The number of aryl methyl sites for hydroxylation is 1. The van der Waals surface area contributed by atoms with Crippen LogP contribution in [0.25, 0.3) is 0 Å². The summed E-state index contributed by atoms with van der Waals surface area (Å²) in [5.41, 5.74) is 4.71. The Balaban J connectivity index is 1.92. The van der Waals surface area contributed by atoms with Crippen LogP contribution in [0.3, 0.4) is 0 Å². The fourth-order valence-corrected chi connectivity index (χ4v) is 2.73. The molecule has 0 saturated carbocycles. The molecule has 0 amide bonds. The summed E-state index contributed by atoms with van der Waals surface area (Å²) in [6.07, 6.45) is 6.66. The number of rotatable bonds is 2. The average Bonchev–Trinajstić information content (AvgIpc) is 2.77. The van der Waals surface area contributed by atoms with E-state index in [1.165, 1.54) is 11.3 Å². The Labute approximate surface area is 107 Å². The van der Waals surface area contributed by atoms with E-state index in [9.17, 15) is 5.11 Å². The Kier molecular flexibility index (Phi) is 2.92. The summed E-state index contributed by atoms with van der Waals surface area (Å²) in [7, 11) is 0. The minimum Gasteiger partial charge on any atom is -0.388 e. The van der Waals surface area contributed by atoms with Gasteiger partial charge < -0.3 is 9.67 Å². The third-order valence-corrected chi connectivity index (χ3v) is 3.80. The van der Waals surface area contributed by atoms with Crippen LogP contribution in [0.4, 0.5) is 0 Å². The van der Waals surface area contributed by atoms with Gasteiger partial charge in [-0.15, -0.1) is 0 Å². The van der Waals surface area contributed by atoms with Crippen molar-refractivity contribution in [3.05, 3.63) is 53.1 Å². The molecule has 0 radical (unpaired) electrons. The maximum Gasteiger partial charge on any atom is 0.0807 e. The second-order valence-electron chi connectivity index (χ2n) is 5.02. The van der Waals surface area contributed by atoms with Crippen molar-refractivity contribution in [3.63, 3.8) is 0 Å². The fourth-order valence-electron chi connectivity index (χ4n) is 2.73. The van der Waals surface area contributed by atoms with Crippen molar-refractivity contribution in [2.75, 3.05) is 0 Å². The van der Waals surface area contributed by atoms with Gasteiger partial charge in [-0.3, -0.25) is 4.98 Å². The third-order valence-electron chi connectivity index (χ3n) is 3.80. The smallest absolute Gasteiger partial charge is 0.0807 e. The minimum atomic E-state index is -0.278. The molecule has 2 heterocycles. The first-order valence-electron chi connectivity index (χ1n) is 6.52. The molecule has 2 aromatic heterocycles. The van der Waals surface area contributed by atoms with E-state index in [0.29, 0.717) is 0 Å². The molecule has 94 valence electrons. The molecule has 18 heavy (non-hydrogen) atoms. The van der Waals surface area contributed by atoms with E-state index in [-0.39, 0.29) is 6.10 Å². The molecule has 1 unspecified atom stereocenters. The lowest BCUT2D eigenvalue weighted by Crippen LogP contribution is -2.13. The molecule has 1 aliphatic carbocycles. The quantitative estimate of drug-likeness (QED) is 0.879. The predicted octanol–water partition coefficient (Wildman–Crippen LogP) is 2.61. The third kappa shape index (κ3) is 1.95. The van der Waals surface area contributed by atoms with Gasteiger partial charge in [-0.1, -0.05) is 6.07 Å². The number of hydrogen-bond donors (Lipinski definition) is 1. The molecular weight excluding hydrogens is 224 g/mol. The van der Waals surface area contributed by atoms with Gasteiger partial charge in [-0.2, -0.15) is 0 Å². The molecular formula is C15H18N2O. The number of pyridine rings is 1. The molecule has 2 aromatic rings. The maximum atomic E-state index is 9.97. The van der Waals surface area contributed by atoms with Gasteiger partial charge in [-0.25, -0.2) is 0 Å². The van der Waals surface area contributed by atoms with E-state index in [1.54, 1.807) is 0 Å². The summed E-state index contributed by atoms with van der Waals surface area (Å²) < 4.78 is 2.23. The fraction of sp³-hybridized carbons (Fsp3) is 0.400. The van der Waals surface area contributed by atoms with Gasteiger partial charge >= 0.3 is 0 Å². The van der Waals surface area contributed by atoms with Crippen molar-refractivity contribution < 1.29 is 5.11 Å². The molecule has 3 heteroatoms. The first-order chi connectivity index (χ1) is 8.75. The predicted molar refractivity (Wildman–Crippen MR) is 70.4 cm³/mol. The zero-order valence-corrected chi connectivity index (χ0v) is 10.6. The van der Waals surface area contributed by atoms with Crippen LogP contribution in [0.2, 0.25) is 0 Å². The van der Waals surface area contributed by atoms with E-state index in [0.717, 1.165) is 37.1 Å². The topological polar surface area (TPSA) is 38.0 Å². The second kappa shape index (κ2) is 4.58. The molecule has 0 aliphatic heterocycles. The molecule has 3 rings (SSSR count). The van der Waals surface area contributed by atoms with Crippen molar-refractivity contribution in [1.29, 1.82) is 0 Å². The van der Waals surface area contributed by atoms with Gasteiger partial charge in [0.25, 0.3) is 0 Å². The van der Waals surface area contributed by atoms with Gasteiger partial charge in [-0.05, 0) is 43.9 Å². The molecule has 1 aliphatic rings. The Hall–Kier alpha value is -1.61. The van der Waals surface area contributed by atoms with E-state index in [2.05, 4.69) is 34.8 Å². The van der Waals surface area contributed by atoms with E-state index >= 15 is 0 Å². The first kappa shape index (κ1) is 11.5. The summed E-state index contributed by atoms with van der Waals surface area (Å²) in [6.45, 7) is 2.89. The van der Waals surface area contributed by atoms with Crippen LogP contribution < -0.4 is 0 Å². The number of aliphatic hydroxyl groups excluding tert-OH is 1. The summed E-state index contributed by atoms with van der Waals surface area (Å²) in [5.74, 6) is 0. The van der Waals surface area contributed by atoms with Crippen LogP contribution in [0.15, 0.2) is 30.6 Å². The highest BCUT2D eigenvalue weighted by atomic mass is 16.3. The van der Waals surface area contributed by atoms with Crippen LogP contribution in [-0.4, -0.2) is 14.7 Å². The molecule has 0 saturated heterocycles. The molecule has 1 N–H and O–H groups in total. The van der Waals surface area contributed by atoms with Gasteiger partial charge in [0.1, 0.15) is 0 Å². The summed E-state index contributed by atoms with van der Waals surface area (Å²) in [4.78, 5) is 4.44. The first-order valence-corrected chi connectivity index (χ1v) is 6.52. The zero-order chi connectivity index (χ0) is 12.5. The number of nitrogens with zero attached hydrogens (tertiary/aromatic N) is 2. The van der Waals surface area contributed by atoms with Crippen molar-refractivity contribution in [1.82, 2.24) is 9.55 Å². The van der Waals surface area contributed by atoms with Crippen LogP contribution in [-0.2, 0) is 13.0 Å². The van der Waals surface area contributed by atoms with E-state index in [1.807, 2.05) is 12.3 Å². The average molecular weight is 242 g/mol. The number of hydrogen-bond acceptors (Lipinski definition) is 2. The van der Waals surface area contributed by atoms with Gasteiger partial charge in [0.15, 0.2) is 0 Å². The molecule has 0 bridgehead atoms. The van der Waals surface area contributed by atoms with Crippen LogP contribution in [0, 0.1) is 6.92 Å². The largest absolute Gasteiger partial charge is 0.388 e. The van der Waals surface area contributed by atoms with Crippen LogP contribution >= 0.6 is 0 Å². The Bertz CT molecular complexity index is 559. The normalized spacial score (nSPS) is 18.7. The van der Waals surface area contributed by atoms with Crippen LogP contribution in [0.5, 0.6) is 0 Å². The maximum absolute atomic E-state index is 9.97. The number of fused-ring (bicyclic) bond motifs is 1. The standard InChI is InChI=1S/C15H18N2O/c1-11-4-3-8-16-13(11)10-17-9-7-12-14(17)5-2-6-15(12)18/h3-4,7-9,15,18H,2,5-6,10H2,1H3. The summed E-state index contributed by atoms with van der Waals surface area (Å²) in [6, 6.07) is 6.11. The Morgan fingerprint density at radius 3 is 3.17 bits per heavy atom. The highest BCUT2D eigenvalue weighted by Gasteiger charge is 2.21. The lowest BCUT2D eigenvalue weighted by Gasteiger charge is -2.20. The number of aromatic nitrogens is 2. The van der Waals surface area contributed by atoms with Crippen molar-refractivity contribution >= 4 is 0 Å². The SMILES string of the molecule is Cc1cccnc1Cn1ccc2c1CCCC2O. The van der Waals surface area contributed by atoms with Crippen molar-refractivity contribution in [3.8, 4) is 0 Å². The monoisotopic (exact) mass is 242 g/mol. The highest BCUT2D eigenvalue weighted by molar-refractivity contribution is 5.29. The molecule has 0 aromatic carbocycles. The van der Waals surface area contributed by atoms with E-state index < -0.39 is 0 Å². The van der Waals surface area contributed by atoms with Gasteiger partial charge in [0, 0.05) is 23.7 Å². The molecule has 0 fully saturated rings. The minimum absolute atomic E-state index is 0.278. The van der Waals surface area contributed by atoms with Crippen molar-refractivity contribution in [2.24, 2.45) is 0 Å². The van der Waals surface area contributed by atoms with Crippen molar-refractivity contribution in [2.45, 2.75) is 38.8 Å². The molecule has 3 nitrogen and oxygen atoms in total. The van der Waals surface area contributed by atoms with Gasteiger partial charge in [0.2, 0.25) is 0 Å². The Morgan fingerprint density at radius 2 is 2.33 bits per heavy atom. The number of aliphatic hydroxyl groups is 1. The lowest BCUT2D eigenvalue weighted by atomic mass is 9.95. The van der Waals surface area contributed by atoms with Gasteiger partial charge in [0.05, 0.1) is 18.3 Å². The zero-order valence-electron chi connectivity index (χ0n) is 10.6. The van der Waals surface area contributed by atoms with Crippen LogP contribution in [0.1, 0.15) is 41.5 Å². The second-order valence-corrected chi connectivity index (χ2v) is 5.02. The molecule has 0 spiro atoms. The summed E-state index contributed by atoms with van der Waals surface area (Å²) >= 11 is 0. The lowest BCUT2D eigenvalue weighted by molar-refractivity contribution is 0.155. The molecule has 1 atom stereocenters. The summed E-state index contributed by atoms with van der Waals surface area (Å²) in [5, 5.41) is 9.97. The Morgan fingerprint density at radius 1 is 1.44 bits per heavy atom. The highest BCUT2D eigenvalue weighted by Crippen LogP contribution is 2.30. The van der Waals surface area contributed by atoms with E-state index in [4.69, 9.17) is 0 Å².